The standard InChI is InChI=1S/C18H16Cl3N3O3S/c19-18(20,21)16(23-14(25)10-11-4-2-1-3-5-11)24-17(28)22-13-8-6-12(7-9-13)15(26)27/h1-9,16H,10H2,(H,23,25)(H,26,27)(H2,22,24,28). The van der Waals surface area contributed by atoms with Gasteiger partial charge in [-0.2, -0.15) is 0 Å². The second-order valence-corrected chi connectivity index (χ2v) is 8.46. The van der Waals surface area contributed by atoms with Crippen molar-refractivity contribution in [2.75, 3.05) is 5.32 Å². The van der Waals surface area contributed by atoms with Crippen LogP contribution in [0.1, 0.15) is 15.9 Å². The van der Waals surface area contributed by atoms with Gasteiger partial charge < -0.3 is 21.1 Å². The number of thiocarbonyl (C=S) groups is 1. The Balaban J connectivity index is 1.98. The highest BCUT2D eigenvalue weighted by Gasteiger charge is 2.34. The fourth-order valence-corrected chi connectivity index (χ4v) is 2.75. The van der Waals surface area contributed by atoms with E-state index in [-0.39, 0.29) is 23.0 Å². The molecule has 4 N–H and O–H groups in total. The van der Waals surface area contributed by atoms with Crippen molar-refractivity contribution >= 4 is 69.7 Å². The van der Waals surface area contributed by atoms with E-state index >= 15 is 0 Å². The van der Waals surface area contributed by atoms with Crippen LogP contribution in [0.4, 0.5) is 5.69 Å². The number of hydrogen-bond acceptors (Lipinski definition) is 3. The van der Waals surface area contributed by atoms with Gasteiger partial charge in [0.2, 0.25) is 9.70 Å². The Morgan fingerprint density at radius 2 is 1.61 bits per heavy atom. The maximum Gasteiger partial charge on any atom is 0.335 e. The van der Waals surface area contributed by atoms with Crippen LogP contribution in [0.2, 0.25) is 0 Å². The Kier molecular flexibility index (Phi) is 7.88. The van der Waals surface area contributed by atoms with Crippen molar-refractivity contribution in [3.8, 4) is 0 Å². The lowest BCUT2D eigenvalue weighted by atomic mass is 10.1. The lowest BCUT2D eigenvalue weighted by molar-refractivity contribution is -0.121. The Morgan fingerprint density at radius 1 is 1.00 bits per heavy atom. The molecule has 0 heterocycles. The van der Waals surface area contributed by atoms with Crippen LogP contribution in [0, 0.1) is 0 Å². The molecule has 0 saturated carbocycles. The zero-order chi connectivity index (χ0) is 20.7. The largest absolute Gasteiger partial charge is 0.478 e. The minimum atomic E-state index is -1.87. The van der Waals surface area contributed by atoms with Crippen molar-refractivity contribution in [1.29, 1.82) is 0 Å². The number of halogens is 3. The number of amides is 1. The van der Waals surface area contributed by atoms with Crippen molar-refractivity contribution in [1.82, 2.24) is 10.6 Å². The summed E-state index contributed by atoms with van der Waals surface area (Å²) in [6, 6.07) is 15.0. The fraction of sp³-hybridized carbons (Fsp3) is 0.167. The van der Waals surface area contributed by atoms with Gasteiger partial charge in [0.05, 0.1) is 12.0 Å². The van der Waals surface area contributed by atoms with Gasteiger partial charge in [-0.25, -0.2) is 4.79 Å². The van der Waals surface area contributed by atoms with E-state index in [0.29, 0.717) is 5.69 Å². The maximum absolute atomic E-state index is 12.3. The minimum Gasteiger partial charge on any atom is -0.478 e. The smallest absolute Gasteiger partial charge is 0.335 e. The predicted octanol–water partition coefficient (Wildman–Crippen LogP) is 3.73. The van der Waals surface area contributed by atoms with Gasteiger partial charge >= 0.3 is 5.97 Å². The molecule has 6 nitrogen and oxygen atoms in total. The first-order valence-electron chi connectivity index (χ1n) is 7.96. The molecular weight excluding hydrogens is 445 g/mol. The first kappa shape index (κ1) is 22.2. The summed E-state index contributed by atoms with van der Waals surface area (Å²) in [5.74, 6) is -1.40. The molecule has 1 atom stereocenters. The average molecular weight is 461 g/mol. The number of carboxylic acids is 1. The van der Waals surface area contributed by atoms with Crippen LogP contribution >= 0.6 is 47.0 Å². The van der Waals surface area contributed by atoms with Crippen LogP contribution in [0.25, 0.3) is 0 Å². The summed E-state index contributed by atoms with van der Waals surface area (Å²) in [4.78, 5) is 23.1. The molecular formula is C18H16Cl3N3O3S. The number of rotatable bonds is 6. The molecule has 0 radical (unpaired) electrons. The van der Waals surface area contributed by atoms with E-state index in [2.05, 4.69) is 16.0 Å². The monoisotopic (exact) mass is 459 g/mol. The molecule has 10 heteroatoms. The van der Waals surface area contributed by atoms with Gasteiger partial charge in [0.15, 0.2) is 5.11 Å². The molecule has 1 amide bonds. The SMILES string of the molecule is O=C(Cc1ccccc1)NC(NC(=S)Nc1ccc(C(=O)O)cc1)C(Cl)(Cl)Cl. The Morgan fingerprint density at radius 3 is 2.14 bits per heavy atom. The van der Waals surface area contributed by atoms with Gasteiger partial charge in [0.1, 0.15) is 6.17 Å². The second-order valence-electron chi connectivity index (χ2n) is 5.69. The normalized spacial score (nSPS) is 12.0. The van der Waals surface area contributed by atoms with Gasteiger partial charge in [-0.1, -0.05) is 65.1 Å². The highest BCUT2D eigenvalue weighted by Crippen LogP contribution is 2.29. The molecule has 2 aromatic carbocycles. The molecule has 0 aliphatic heterocycles. The lowest BCUT2D eigenvalue weighted by Gasteiger charge is -2.27. The molecule has 0 aliphatic carbocycles. The summed E-state index contributed by atoms with van der Waals surface area (Å²) in [7, 11) is 0. The minimum absolute atomic E-state index is 0.0828. The van der Waals surface area contributed by atoms with Crippen LogP contribution in [-0.2, 0) is 11.2 Å². The third kappa shape index (κ3) is 7.16. The van der Waals surface area contributed by atoms with Crippen molar-refractivity contribution < 1.29 is 14.7 Å². The Bertz CT molecular complexity index is 843. The summed E-state index contributed by atoms with van der Waals surface area (Å²) in [6.07, 6.45) is -0.983. The third-order valence-corrected chi connectivity index (χ3v) is 4.38. The molecule has 0 fully saturated rings. The maximum atomic E-state index is 12.3. The van der Waals surface area contributed by atoms with E-state index in [9.17, 15) is 9.59 Å². The van der Waals surface area contributed by atoms with Crippen molar-refractivity contribution in [3.63, 3.8) is 0 Å². The summed E-state index contributed by atoms with van der Waals surface area (Å²) in [5, 5.41) is 17.2. The van der Waals surface area contributed by atoms with E-state index in [1.807, 2.05) is 30.3 Å². The number of carboxylic acid groups (broad SMARTS) is 1. The Hall–Kier alpha value is -2.06. The van der Waals surface area contributed by atoms with Gasteiger partial charge in [-0.05, 0) is 42.0 Å². The molecule has 28 heavy (non-hydrogen) atoms. The van der Waals surface area contributed by atoms with E-state index in [1.54, 1.807) is 0 Å². The van der Waals surface area contributed by atoms with Crippen LogP contribution in [0.3, 0.4) is 0 Å². The van der Waals surface area contributed by atoms with Gasteiger partial charge in [0, 0.05) is 5.69 Å². The van der Waals surface area contributed by atoms with E-state index in [1.165, 1.54) is 24.3 Å². The predicted molar refractivity (Wildman–Crippen MR) is 115 cm³/mol. The fourth-order valence-electron chi connectivity index (χ4n) is 2.19. The van der Waals surface area contributed by atoms with E-state index in [0.717, 1.165) is 5.56 Å². The third-order valence-electron chi connectivity index (χ3n) is 3.51. The number of aromatic carboxylic acids is 1. The average Bonchev–Trinajstić information content (AvgIpc) is 2.61. The van der Waals surface area contributed by atoms with Crippen LogP contribution < -0.4 is 16.0 Å². The number of alkyl halides is 3. The van der Waals surface area contributed by atoms with Crippen LogP contribution in [0.15, 0.2) is 54.6 Å². The molecule has 0 aliphatic rings. The van der Waals surface area contributed by atoms with Gasteiger partial charge in [-0.15, -0.1) is 0 Å². The molecule has 0 spiro atoms. The summed E-state index contributed by atoms with van der Waals surface area (Å²) >= 11 is 23.0. The van der Waals surface area contributed by atoms with Gasteiger partial charge in [-0.3, -0.25) is 4.79 Å². The number of nitrogens with one attached hydrogen (secondary N) is 3. The summed E-state index contributed by atoms with van der Waals surface area (Å²) < 4.78 is -1.87. The molecule has 2 aromatic rings. The van der Waals surface area contributed by atoms with Crippen molar-refractivity contribution in [3.05, 3.63) is 65.7 Å². The highest BCUT2D eigenvalue weighted by atomic mass is 35.6. The quantitative estimate of drug-likeness (QED) is 0.298. The first-order valence-corrected chi connectivity index (χ1v) is 9.50. The lowest BCUT2D eigenvalue weighted by Crippen LogP contribution is -2.56. The zero-order valence-electron chi connectivity index (χ0n) is 14.3. The zero-order valence-corrected chi connectivity index (χ0v) is 17.4. The topological polar surface area (TPSA) is 90.5 Å². The second kappa shape index (κ2) is 9.93. The van der Waals surface area contributed by atoms with Crippen LogP contribution in [-0.4, -0.2) is 32.1 Å². The first-order chi connectivity index (χ1) is 13.1. The highest BCUT2D eigenvalue weighted by molar-refractivity contribution is 7.80. The molecule has 2 rings (SSSR count). The number of carbonyl (C=O) groups is 2. The summed E-state index contributed by atoms with van der Waals surface area (Å²) in [5.41, 5.74) is 1.47. The number of benzene rings is 2. The van der Waals surface area contributed by atoms with E-state index < -0.39 is 15.9 Å². The molecule has 0 aromatic heterocycles. The number of anilines is 1. The number of hydrogen-bond donors (Lipinski definition) is 4. The Labute approximate surface area is 182 Å². The van der Waals surface area contributed by atoms with E-state index in [4.69, 9.17) is 52.1 Å². The molecule has 0 bridgehead atoms. The number of carbonyl (C=O) groups excluding carboxylic acids is 1. The molecule has 1 unspecified atom stereocenters. The van der Waals surface area contributed by atoms with Crippen molar-refractivity contribution in [2.45, 2.75) is 16.4 Å². The summed E-state index contributed by atoms with van der Waals surface area (Å²) in [6.45, 7) is 0. The van der Waals surface area contributed by atoms with Crippen LogP contribution in [0.5, 0.6) is 0 Å². The van der Waals surface area contributed by atoms with Crippen molar-refractivity contribution in [2.24, 2.45) is 0 Å². The molecule has 0 saturated heterocycles. The van der Waals surface area contributed by atoms with Gasteiger partial charge in [0.25, 0.3) is 0 Å². The molecule has 148 valence electrons.